The van der Waals surface area contributed by atoms with Gasteiger partial charge in [-0.2, -0.15) is 0 Å². The van der Waals surface area contributed by atoms with Gasteiger partial charge in [0.15, 0.2) is 17.3 Å². The summed E-state index contributed by atoms with van der Waals surface area (Å²) < 4.78 is 21.9. The van der Waals surface area contributed by atoms with Crippen LogP contribution >= 0.6 is 0 Å². The van der Waals surface area contributed by atoms with E-state index in [1.165, 1.54) is 14.2 Å². The molecule has 8 nitrogen and oxygen atoms in total. The van der Waals surface area contributed by atoms with Crippen molar-refractivity contribution < 1.29 is 33.3 Å². The normalized spacial score (nSPS) is 24.6. The predicted octanol–water partition coefficient (Wildman–Crippen LogP) is 4.19. The van der Waals surface area contributed by atoms with Gasteiger partial charge in [0.2, 0.25) is 0 Å². The van der Waals surface area contributed by atoms with E-state index in [1.807, 2.05) is 19.9 Å². The molecule has 8 heteroatoms. The third kappa shape index (κ3) is 4.73. The third-order valence-corrected chi connectivity index (χ3v) is 7.53. The minimum absolute atomic E-state index is 0.141. The zero-order valence-corrected chi connectivity index (χ0v) is 21.6. The fourth-order valence-electron chi connectivity index (χ4n) is 5.71. The van der Waals surface area contributed by atoms with Gasteiger partial charge in [-0.1, -0.05) is 19.4 Å². The number of Topliss-reactive ketones (excluding diaryl/α,β-unsaturated/α-hetero) is 1. The highest BCUT2D eigenvalue weighted by Gasteiger charge is 2.47. The van der Waals surface area contributed by atoms with Gasteiger partial charge in [0.05, 0.1) is 26.9 Å². The Bertz CT molecular complexity index is 1110. The van der Waals surface area contributed by atoms with Gasteiger partial charge >= 0.3 is 11.9 Å². The van der Waals surface area contributed by atoms with Crippen LogP contribution < -0.4 is 14.8 Å². The van der Waals surface area contributed by atoms with Crippen LogP contribution in [0.1, 0.15) is 63.9 Å². The largest absolute Gasteiger partial charge is 0.493 e. The van der Waals surface area contributed by atoms with Gasteiger partial charge in [0, 0.05) is 22.9 Å². The fourth-order valence-corrected chi connectivity index (χ4v) is 5.71. The average Bonchev–Trinajstić information content (AvgIpc) is 2.87. The quantitative estimate of drug-likeness (QED) is 0.461. The summed E-state index contributed by atoms with van der Waals surface area (Å²) in [4.78, 5) is 40.1. The molecule has 1 saturated carbocycles. The Balaban J connectivity index is 1.82. The minimum Gasteiger partial charge on any atom is -0.493 e. The number of carbonyl (C=O) groups is 3. The molecule has 0 radical (unpaired) electrons. The number of nitrogens with one attached hydrogen (secondary N) is 1. The van der Waals surface area contributed by atoms with Crippen molar-refractivity contribution >= 4 is 17.7 Å². The number of rotatable bonds is 6. The van der Waals surface area contributed by atoms with Gasteiger partial charge < -0.3 is 24.3 Å². The standard InChI is InChI=1S/C28H35NO7/c1-15-13-19-25(26(30)22(15)27(31)35-5)24(17-11-12-20(33-3)21(14-17)34-4)23(16(2)29-19)28(32)36-18-9-7-6-8-10-18/h11-12,14-15,18,22,24,29H,6-10,13H2,1-5H3/t15-,22+,24+/m0/s1. The average molecular weight is 498 g/mol. The maximum Gasteiger partial charge on any atom is 0.337 e. The van der Waals surface area contributed by atoms with Gasteiger partial charge in [-0.05, 0) is 62.6 Å². The van der Waals surface area contributed by atoms with E-state index in [0.29, 0.717) is 40.3 Å². The van der Waals surface area contributed by atoms with E-state index >= 15 is 0 Å². The number of ketones is 1. The molecule has 1 fully saturated rings. The summed E-state index contributed by atoms with van der Waals surface area (Å²) in [5.41, 5.74) is 2.82. The minimum atomic E-state index is -0.938. The number of carbonyl (C=O) groups excluding carboxylic acids is 3. The van der Waals surface area contributed by atoms with Crippen LogP contribution in [0.4, 0.5) is 0 Å². The molecule has 1 aromatic carbocycles. The highest BCUT2D eigenvalue weighted by molar-refractivity contribution is 6.12. The van der Waals surface area contributed by atoms with E-state index in [4.69, 9.17) is 18.9 Å². The molecule has 0 bridgehead atoms. The lowest BCUT2D eigenvalue weighted by atomic mass is 9.69. The summed E-state index contributed by atoms with van der Waals surface area (Å²) in [6, 6.07) is 5.35. The van der Waals surface area contributed by atoms with Crippen LogP contribution in [0, 0.1) is 11.8 Å². The molecule has 194 valence electrons. The van der Waals surface area contributed by atoms with Crippen LogP contribution in [0.3, 0.4) is 0 Å². The summed E-state index contributed by atoms with van der Waals surface area (Å²) >= 11 is 0. The molecule has 4 rings (SSSR count). The molecule has 0 amide bonds. The zero-order chi connectivity index (χ0) is 26.0. The highest BCUT2D eigenvalue weighted by atomic mass is 16.5. The number of hydrogen-bond acceptors (Lipinski definition) is 8. The van der Waals surface area contributed by atoms with Crippen LogP contribution in [-0.4, -0.2) is 45.2 Å². The molecule has 1 heterocycles. The smallest absolute Gasteiger partial charge is 0.337 e. The van der Waals surface area contributed by atoms with E-state index in [9.17, 15) is 14.4 Å². The summed E-state index contributed by atoms with van der Waals surface area (Å²) in [6.07, 6.45) is 5.21. The monoisotopic (exact) mass is 497 g/mol. The molecule has 1 N–H and O–H groups in total. The van der Waals surface area contributed by atoms with Gasteiger partial charge in [-0.25, -0.2) is 4.79 Å². The Morgan fingerprint density at radius 3 is 2.33 bits per heavy atom. The first kappa shape index (κ1) is 25.8. The van der Waals surface area contributed by atoms with Crippen molar-refractivity contribution in [1.29, 1.82) is 0 Å². The highest BCUT2D eigenvalue weighted by Crippen LogP contribution is 2.47. The van der Waals surface area contributed by atoms with Crippen molar-refractivity contribution in [2.75, 3.05) is 21.3 Å². The molecular formula is C28H35NO7. The Labute approximate surface area is 212 Å². The lowest BCUT2D eigenvalue weighted by molar-refractivity contribution is -0.151. The molecule has 1 aliphatic heterocycles. The second kappa shape index (κ2) is 10.8. The molecular weight excluding hydrogens is 462 g/mol. The SMILES string of the molecule is COC(=O)[C@H]1C(=O)C2=C(C[C@@H]1C)NC(C)=C(C(=O)OC1CCCCC1)[C@H]2c1ccc(OC)c(OC)c1. The number of hydrogen-bond donors (Lipinski definition) is 1. The maximum atomic E-state index is 13.9. The number of ether oxygens (including phenoxy) is 4. The van der Waals surface area contributed by atoms with Crippen molar-refractivity contribution in [3.05, 3.63) is 46.3 Å². The number of esters is 2. The van der Waals surface area contributed by atoms with Crippen LogP contribution in [0.2, 0.25) is 0 Å². The molecule has 1 aromatic rings. The van der Waals surface area contributed by atoms with Crippen LogP contribution in [-0.2, 0) is 23.9 Å². The number of benzene rings is 1. The van der Waals surface area contributed by atoms with Crippen LogP contribution in [0.5, 0.6) is 11.5 Å². The van der Waals surface area contributed by atoms with Crippen molar-refractivity contribution in [3.8, 4) is 11.5 Å². The maximum absolute atomic E-state index is 13.9. The van der Waals surface area contributed by atoms with E-state index in [2.05, 4.69) is 5.32 Å². The summed E-state index contributed by atoms with van der Waals surface area (Å²) in [7, 11) is 4.37. The Hall–Kier alpha value is -3.29. The predicted molar refractivity (Wildman–Crippen MR) is 132 cm³/mol. The second-order valence-corrected chi connectivity index (χ2v) is 9.82. The van der Waals surface area contributed by atoms with Crippen LogP contribution in [0.15, 0.2) is 40.7 Å². The van der Waals surface area contributed by atoms with Gasteiger partial charge in [-0.15, -0.1) is 0 Å². The second-order valence-electron chi connectivity index (χ2n) is 9.82. The summed E-state index contributed by atoms with van der Waals surface area (Å²) in [6.45, 7) is 3.69. The Morgan fingerprint density at radius 1 is 1.00 bits per heavy atom. The first-order valence-electron chi connectivity index (χ1n) is 12.6. The summed E-state index contributed by atoms with van der Waals surface area (Å²) in [5, 5.41) is 3.31. The lowest BCUT2D eigenvalue weighted by Crippen LogP contribution is -2.43. The molecule has 2 aliphatic carbocycles. The number of methoxy groups -OCH3 is 3. The van der Waals surface area contributed by atoms with E-state index in [-0.39, 0.29) is 17.8 Å². The zero-order valence-electron chi connectivity index (χ0n) is 21.6. The topological polar surface area (TPSA) is 100 Å². The van der Waals surface area contributed by atoms with E-state index in [1.54, 1.807) is 19.2 Å². The van der Waals surface area contributed by atoms with Crippen molar-refractivity contribution in [3.63, 3.8) is 0 Å². The molecule has 0 unspecified atom stereocenters. The Morgan fingerprint density at radius 2 is 1.69 bits per heavy atom. The van der Waals surface area contributed by atoms with Crippen LogP contribution in [0.25, 0.3) is 0 Å². The molecule has 3 atom stereocenters. The molecule has 0 saturated heterocycles. The van der Waals surface area contributed by atoms with Gasteiger partial charge in [-0.3, -0.25) is 9.59 Å². The van der Waals surface area contributed by atoms with Crippen molar-refractivity contribution in [2.24, 2.45) is 11.8 Å². The fraction of sp³-hybridized carbons (Fsp3) is 0.536. The summed E-state index contributed by atoms with van der Waals surface area (Å²) in [5.74, 6) is -2.23. The van der Waals surface area contributed by atoms with E-state index in [0.717, 1.165) is 37.8 Å². The lowest BCUT2D eigenvalue weighted by Gasteiger charge is -2.38. The number of dihydropyridines is 1. The molecule has 3 aliphatic rings. The van der Waals surface area contributed by atoms with Crippen molar-refractivity contribution in [2.45, 2.75) is 64.4 Å². The van der Waals surface area contributed by atoms with Crippen molar-refractivity contribution in [1.82, 2.24) is 5.32 Å². The molecule has 0 aromatic heterocycles. The first-order chi connectivity index (χ1) is 17.3. The van der Waals surface area contributed by atoms with E-state index < -0.39 is 23.8 Å². The van der Waals surface area contributed by atoms with Gasteiger partial charge in [0.25, 0.3) is 0 Å². The molecule has 36 heavy (non-hydrogen) atoms. The first-order valence-corrected chi connectivity index (χ1v) is 12.6. The number of allylic oxidation sites excluding steroid dienone is 3. The Kier molecular flexibility index (Phi) is 7.71. The molecule has 0 spiro atoms. The third-order valence-electron chi connectivity index (χ3n) is 7.53. The van der Waals surface area contributed by atoms with Gasteiger partial charge in [0.1, 0.15) is 12.0 Å².